The van der Waals surface area contributed by atoms with Gasteiger partial charge in [0.25, 0.3) is 5.91 Å². The van der Waals surface area contributed by atoms with Crippen molar-refractivity contribution in [1.82, 2.24) is 9.78 Å². The van der Waals surface area contributed by atoms with Gasteiger partial charge in [-0.3, -0.25) is 19.6 Å². The van der Waals surface area contributed by atoms with Gasteiger partial charge in [0.15, 0.2) is 6.61 Å². The monoisotopic (exact) mass is 404 g/mol. The Morgan fingerprint density at radius 3 is 2.64 bits per heavy atom. The van der Waals surface area contributed by atoms with Crippen molar-refractivity contribution in [2.75, 3.05) is 11.9 Å². The first-order chi connectivity index (χ1) is 13.3. The van der Waals surface area contributed by atoms with Crippen LogP contribution in [0.1, 0.15) is 10.6 Å². The summed E-state index contributed by atoms with van der Waals surface area (Å²) in [5.74, 6) is -2.18. The van der Waals surface area contributed by atoms with E-state index in [0.717, 1.165) is 17.7 Å². The number of benzene rings is 1. The summed E-state index contributed by atoms with van der Waals surface area (Å²) in [6.07, 6.45) is 0. The van der Waals surface area contributed by atoms with Crippen molar-refractivity contribution in [3.63, 3.8) is 0 Å². The molecule has 0 unspecified atom stereocenters. The Morgan fingerprint density at radius 2 is 2.00 bits per heavy atom. The third-order valence-electron chi connectivity index (χ3n) is 3.59. The fraction of sp³-hybridized carbons (Fsp3) is 0.118. The van der Waals surface area contributed by atoms with Gasteiger partial charge in [0, 0.05) is 23.7 Å². The maximum absolute atomic E-state index is 12.0. The van der Waals surface area contributed by atoms with Gasteiger partial charge in [0.2, 0.25) is 5.76 Å². The quantitative estimate of drug-likeness (QED) is 0.379. The molecule has 0 spiro atoms. The smallest absolute Gasteiger partial charge is 0.433 e. The third kappa shape index (κ3) is 4.35. The molecule has 3 rings (SSSR count). The van der Waals surface area contributed by atoms with E-state index in [1.54, 1.807) is 37.4 Å². The molecule has 0 saturated carbocycles. The number of carbonyl (C=O) groups is 2. The van der Waals surface area contributed by atoms with Gasteiger partial charge in [-0.05, 0) is 18.2 Å². The summed E-state index contributed by atoms with van der Waals surface area (Å²) in [6, 6.07) is 10.8. The van der Waals surface area contributed by atoms with Gasteiger partial charge in [-0.25, -0.2) is 4.79 Å². The molecule has 2 aromatic heterocycles. The van der Waals surface area contributed by atoms with E-state index >= 15 is 0 Å². The number of nitrogens with zero attached hydrogens (tertiary/aromatic N) is 3. The summed E-state index contributed by atoms with van der Waals surface area (Å²) >= 11 is 5.86. The SMILES string of the molecule is Cn1nc(-c2ccc(Cl)cc2)cc1NC(=O)COC(=O)c1ccc([N+](=O)[O-])o1. The van der Waals surface area contributed by atoms with E-state index in [2.05, 4.69) is 10.4 Å². The van der Waals surface area contributed by atoms with Crippen molar-refractivity contribution < 1.29 is 23.7 Å². The number of furan rings is 1. The first-order valence-electron chi connectivity index (χ1n) is 7.84. The van der Waals surface area contributed by atoms with Gasteiger partial charge in [0.1, 0.15) is 10.7 Å². The van der Waals surface area contributed by atoms with Crippen LogP contribution in [-0.2, 0) is 16.6 Å². The molecule has 0 saturated heterocycles. The maximum atomic E-state index is 12.0. The Labute approximate surface area is 162 Å². The largest absolute Gasteiger partial charge is 0.450 e. The zero-order valence-electron chi connectivity index (χ0n) is 14.4. The minimum Gasteiger partial charge on any atom is -0.450 e. The molecule has 28 heavy (non-hydrogen) atoms. The van der Waals surface area contributed by atoms with E-state index in [9.17, 15) is 19.7 Å². The molecular formula is C17H13ClN4O6. The number of aromatic nitrogens is 2. The first kappa shape index (κ1) is 19.1. The fourth-order valence-electron chi connectivity index (χ4n) is 2.26. The van der Waals surface area contributed by atoms with Crippen molar-refractivity contribution >= 4 is 35.2 Å². The highest BCUT2D eigenvalue weighted by molar-refractivity contribution is 6.30. The normalized spacial score (nSPS) is 10.5. The average Bonchev–Trinajstić information content (AvgIpc) is 3.28. The predicted molar refractivity (Wildman–Crippen MR) is 97.9 cm³/mol. The van der Waals surface area contributed by atoms with Crippen LogP contribution in [0.5, 0.6) is 0 Å². The Hall–Kier alpha value is -3.66. The number of nitrogens with one attached hydrogen (secondary N) is 1. The van der Waals surface area contributed by atoms with Crippen molar-refractivity contribution in [1.29, 1.82) is 0 Å². The Bertz CT molecular complexity index is 1040. The highest BCUT2D eigenvalue weighted by Gasteiger charge is 2.19. The molecule has 0 atom stereocenters. The highest BCUT2D eigenvalue weighted by atomic mass is 35.5. The van der Waals surface area contributed by atoms with Crippen LogP contribution in [0.4, 0.5) is 11.7 Å². The molecule has 11 heteroatoms. The second-order valence-electron chi connectivity index (χ2n) is 5.56. The summed E-state index contributed by atoms with van der Waals surface area (Å²) in [5, 5.41) is 18.0. The van der Waals surface area contributed by atoms with Crippen LogP contribution >= 0.6 is 11.6 Å². The zero-order valence-corrected chi connectivity index (χ0v) is 15.2. The Balaban J connectivity index is 1.59. The van der Waals surface area contributed by atoms with Crippen LogP contribution in [0.2, 0.25) is 5.02 Å². The Morgan fingerprint density at radius 1 is 1.29 bits per heavy atom. The van der Waals surface area contributed by atoms with Gasteiger partial charge in [-0.1, -0.05) is 23.7 Å². The van der Waals surface area contributed by atoms with E-state index in [1.807, 2.05) is 0 Å². The van der Waals surface area contributed by atoms with Crippen LogP contribution in [-0.4, -0.2) is 33.2 Å². The summed E-state index contributed by atoms with van der Waals surface area (Å²) < 4.78 is 11.0. The van der Waals surface area contributed by atoms with E-state index in [4.69, 9.17) is 20.8 Å². The number of amides is 1. The van der Waals surface area contributed by atoms with E-state index in [-0.39, 0.29) is 5.76 Å². The number of carbonyl (C=O) groups excluding carboxylic acids is 2. The second kappa shape index (κ2) is 7.92. The number of hydrogen-bond donors (Lipinski definition) is 1. The van der Waals surface area contributed by atoms with E-state index in [0.29, 0.717) is 16.5 Å². The molecule has 0 fully saturated rings. The number of anilines is 1. The lowest BCUT2D eigenvalue weighted by Gasteiger charge is -2.05. The summed E-state index contributed by atoms with van der Waals surface area (Å²) in [6.45, 7) is -0.602. The number of esters is 1. The van der Waals surface area contributed by atoms with Crippen LogP contribution in [0.15, 0.2) is 46.9 Å². The van der Waals surface area contributed by atoms with Gasteiger partial charge in [-0.15, -0.1) is 0 Å². The van der Waals surface area contributed by atoms with Gasteiger partial charge < -0.3 is 14.5 Å². The number of nitro groups is 1. The van der Waals surface area contributed by atoms with Gasteiger partial charge >= 0.3 is 11.9 Å². The molecular weight excluding hydrogens is 392 g/mol. The molecule has 0 radical (unpaired) electrons. The van der Waals surface area contributed by atoms with Crippen LogP contribution in [0.25, 0.3) is 11.3 Å². The number of halogens is 1. The average molecular weight is 405 g/mol. The van der Waals surface area contributed by atoms with Crippen molar-refractivity contribution in [3.8, 4) is 11.3 Å². The van der Waals surface area contributed by atoms with Crippen molar-refractivity contribution in [2.24, 2.45) is 7.05 Å². The molecule has 3 aromatic rings. The topological polar surface area (TPSA) is 130 Å². The molecule has 1 amide bonds. The van der Waals surface area contributed by atoms with Gasteiger partial charge in [-0.2, -0.15) is 5.10 Å². The molecule has 0 aliphatic carbocycles. The summed E-state index contributed by atoms with van der Waals surface area (Å²) in [7, 11) is 1.64. The third-order valence-corrected chi connectivity index (χ3v) is 3.85. The zero-order chi connectivity index (χ0) is 20.3. The lowest BCUT2D eigenvalue weighted by Crippen LogP contribution is -2.22. The number of aryl methyl sites for hydroxylation is 1. The lowest BCUT2D eigenvalue weighted by atomic mass is 10.1. The number of ether oxygens (including phenoxy) is 1. The minimum absolute atomic E-state index is 0.370. The van der Waals surface area contributed by atoms with Gasteiger partial charge in [0.05, 0.1) is 11.8 Å². The molecule has 0 aliphatic rings. The second-order valence-corrected chi connectivity index (χ2v) is 6.00. The molecule has 2 heterocycles. The minimum atomic E-state index is -0.991. The van der Waals surface area contributed by atoms with E-state index in [1.165, 1.54) is 4.68 Å². The number of rotatable bonds is 6. The molecule has 10 nitrogen and oxygen atoms in total. The Kier molecular flexibility index (Phi) is 5.41. The predicted octanol–water partition coefficient (Wildman–Crippen LogP) is 3.04. The molecule has 144 valence electrons. The molecule has 1 N–H and O–H groups in total. The number of hydrogen-bond acceptors (Lipinski definition) is 7. The van der Waals surface area contributed by atoms with Crippen LogP contribution < -0.4 is 5.32 Å². The lowest BCUT2D eigenvalue weighted by molar-refractivity contribution is -0.402. The van der Waals surface area contributed by atoms with Crippen molar-refractivity contribution in [3.05, 3.63) is 63.4 Å². The van der Waals surface area contributed by atoms with Crippen LogP contribution in [0.3, 0.4) is 0 Å². The molecule has 0 aliphatic heterocycles. The summed E-state index contributed by atoms with van der Waals surface area (Å²) in [4.78, 5) is 33.5. The van der Waals surface area contributed by atoms with Crippen molar-refractivity contribution in [2.45, 2.75) is 0 Å². The highest BCUT2D eigenvalue weighted by Crippen LogP contribution is 2.23. The maximum Gasteiger partial charge on any atom is 0.433 e. The first-order valence-corrected chi connectivity index (χ1v) is 8.22. The standard InChI is InChI=1S/C17H13ClN4O6/c1-21-14(8-12(20-21)10-2-4-11(18)5-3-10)19-15(23)9-27-17(24)13-6-7-16(28-13)22(25)26/h2-8H,9H2,1H3,(H,19,23). The fourth-order valence-corrected chi connectivity index (χ4v) is 2.39. The summed E-state index contributed by atoms with van der Waals surface area (Å²) in [5.41, 5.74) is 1.43. The van der Waals surface area contributed by atoms with Crippen LogP contribution in [0, 0.1) is 10.1 Å². The molecule has 0 bridgehead atoms. The molecule has 1 aromatic carbocycles. The van der Waals surface area contributed by atoms with E-state index < -0.39 is 29.3 Å².